The van der Waals surface area contributed by atoms with E-state index >= 15 is 0 Å². The first-order valence-corrected chi connectivity index (χ1v) is 10.3. The standard InChI is InChI=1S/C23H20ClN7/c1-14-18(13-30(2)29-14)19-9-10-20-23(27-19)31(16-7-5-15(12-24)6-8-16)22(28-20)17-4-3-11-26-21(17)25/h3-11,13H,12H2,1-2H3,(H2,25,26). The van der Waals surface area contributed by atoms with Crippen LogP contribution in [0.15, 0.2) is 60.9 Å². The molecule has 0 amide bonds. The zero-order chi connectivity index (χ0) is 21.5. The number of benzene rings is 1. The molecule has 31 heavy (non-hydrogen) atoms. The van der Waals surface area contributed by atoms with Crippen molar-refractivity contribution in [2.75, 3.05) is 5.73 Å². The van der Waals surface area contributed by atoms with Crippen LogP contribution in [0.3, 0.4) is 0 Å². The third kappa shape index (κ3) is 3.33. The maximum Gasteiger partial charge on any atom is 0.165 e. The van der Waals surface area contributed by atoms with E-state index in [0.717, 1.165) is 44.9 Å². The second kappa shape index (κ2) is 7.52. The molecular weight excluding hydrogens is 410 g/mol. The van der Waals surface area contributed by atoms with Gasteiger partial charge in [-0.2, -0.15) is 5.10 Å². The molecule has 0 saturated heterocycles. The number of anilines is 1. The second-order valence-electron chi connectivity index (χ2n) is 7.35. The highest BCUT2D eigenvalue weighted by atomic mass is 35.5. The number of pyridine rings is 2. The van der Waals surface area contributed by atoms with Crippen molar-refractivity contribution >= 4 is 28.6 Å². The molecule has 0 aliphatic heterocycles. The molecule has 7 nitrogen and oxygen atoms in total. The molecule has 0 spiro atoms. The van der Waals surface area contributed by atoms with Crippen LogP contribution in [0, 0.1) is 6.92 Å². The third-order valence-electron chi connectivity index (χ3n) is 5.22. The number of fused-ring (bicyclic) bond motifs is 1. The van der Waals surface area contributed by atoms with Gasteiger partial charge in [0.25, 0.3) is 0 Å². The van der Waals surface area contributed by atoms with Gasteiger partial charge in [0.1, 0.15) is 11.3 Å². The summed E-state index contributed by atoms with van der Waals surface area (Å²) in [6, 6.07) is 15.7. The van der Waals surface area contributed by atoms with Crippen LogP contribution in [-0.2, 0) is 12.9 Å². The Kier molecular flexibility index (Phi) is 4.67. The molecule has 0 unspecified atom stereocenters. The van der Waals surface area contributed by atoms with E-state index in [1.54, 1.807) is 10.9 Å². The van der Waals surface area contributed by atoms with Crippen LogP contribution in [0.2, 0.25) is 0 Å². The van der Waals surface area contributed by atoms with Crippen molar-refractivity contribution in [2.24, 2.45) is 7.05 Å². The van der Waals surface area contributed by atoms with E-state index in [0.29, 0.717) is 17.5 Å². The van der Waals surface area contributed by atoms with Crippen molar-refractivity contribution in [1.82, 2.24) is 29.3 Å². The first-order chi connectivity index (χ1) is 15.0. The van der Waals surface area contributed by atoms with Gasteiger partial charge >= 0.3 is 0 Å². The molecule has 0 fully saturated rings. The Balaban J connectivity index is 1.80. The molecule has 5 rings (SSSR count). The van der Waals surface area contributed by atoms with Gasteiger partial charge < -0.3 is 5.73 Å². The molecule has 5 aromatic rings. The topological polar surface area (TPSA) is 87.4 Å². The minimum absolute atomic E-state index is 0.416. The SMILES string of the molecule is Cc1nn(C)cc1-c1ccc2nc(-c3cccnc3N)n(-c3ccc(CCl)cc3)c2n1. The number of nitrogen functional groups attached to an aromatic ring is 1. The van der Waals surface area contributed by atoms with Crippen LogP contribution in [0.1, 0.15) is 11.3 Å². The Morgan fingerprint density at radius 3 is 2.48 bits per heavy atom. The number of halogens is 1. The van der Waals surface area contributed by atoms with Crippen LogP contribution in [0.4, 0.5) is 5.82 Å². The molecule has 8 heteroatoms. The first-order valence-electron chi connectivity index (χ1n) is 9.81. The summed E-state index contributed by atoms with van der Waals surface area (Å²) in [6.07, 6.45) is 3.64. The van der Waals surface area contributed by atoms with Gasteiger partial charge in [0.15, 0.2) is 11.5 Å². The summed E-state index contributed by atoms with van der Waals surface area (Å²) in [5.41, 5.74) is 13.1. The van der Waals surface area contributed by atoms with E-state index < -0.39 is 0 Å². The number of hydrogen-bond donors (Lipinski definition) is 1. The van der Waals surface area contributed by atoms with Crippen LogP contribution >= 0.6 is 11.6 Å². The summed E-state index contributed by atoms with van der Waals surface area (Å²) < 4.78 is 3.80. The van der Waals surface area contributed by atoms with Crippen LogP contribution in [-0.4, -0.2) is 29.3 Å². The van der Waals surface area contributed by atoms with Crippen molar-refractivity contribution in [2.45, 2.75) is 12.8 Å². The number of hydrogen-bond acceptors (Lipinski definition) is 5. The quantitative estimate of drug-likeness (QED) is 0.424. The van der Waals surface area contributed by atoms with Gasteiger partial charge in [0.05, 0.1) is 17.0 Å². The molecule has 4 aromatic heterocycles. The Labute approximate surface area is 184 Å². The fourth-order valence-corrected chi connectivity index (χ4v) is 3.90. The van der Waals surface area contributed by atoms with E-state index in [1.165, 1.54) is 0 Å². The van der Waals surface area contributed by atoms with E-state index in [-0.39, 0.29) is 0 Å². The van der Waals surface area contributed by atoms with Gasteiger partial charge in [0, 0.05) is 36.6 Å². The number of alkyl halides is 1. The van der Waals surface area contributed by atoms with Gasteiger partial charge in [-0.05, 0) is 48.9 Å². The van der Waals surface area contributed by atoms with E-state index in [4.69, 9.17) is 27.3 Å². The van der Waals surface area contributed by atoms with Gasteiger partial charge in [0.2, 0.25) is 0 Å². The highest BCUT2D eigenvalue weighted by Crippen LogP contribution is 2.32. The van der Waals surface area contributed by atoms with Crippen LogP contribution < -0.4 is 5.73 Å². The minimum atomic E-state index is 0.416. The summed E-state index contributed by atoms with van der Waals surface area (Å²) in [6.45, 7) is 1.98. The Bertz CT molecular complexity index is 1400. The smallest absolute Gasteiger partial charge is 0.165 e. The lowest BCUT2D eigenvalue weighted by atomic mass is 10.1. The number of imidazole rings is 1. The summed E-state index contributed by atoms with van der Waals surface area (Å²) in [4.78, 5) is 14.1. The van der Waals surface area contributed by atoms with Crippen molar-refractivity contribution in [3.05, 3.63) is 72.2 Å². The van der Waals surface area contributed by atoms with Crippen LogP contribution in [0.25, 0.3) is 39.5 Å². The zero-order valence-electron chi connectivity index (χ0n) is 17.1. The molecule has 0 aliphatic rings. The first kappa shape index (κ1) is 19.3. The normalized spacial score (nSPS) is 11.3. The minimum Gasteiger partial charge on any atom is -0.383 e. The molecular formula is C23H20ClN7. The van der Waals surface area contributed by atoms with E-state index in [2.05, 4.69) is 10.1 Å². The Hall–Kier alpha value is -3.71. The average Bonchev–Trinajstić information content (AvgIpc) is 3.32. The van der Waals surface area contributed by atoms with Crippen molar-refractivity contribution < 1.29 is 0 Å². The fourth-order valence-electron chi connectivity index (χ4n) is 3.72. The predicted molar refractivity (Wildman–Crippen MR) is 123 cm³/mol. The van der Waals surface area contributed by atoms with Gasteiger partial charge in [-0.25, -0.2) is 15.0 Å². The predicted octanol–water partition coefficient (Wildman–Crippen LogP) is 4.51. The highest BCUT2D eigenvalue weighted by molar-refractivity contribution is 6.17. The molecule has 0 radical (unpaired) electrons. The molecule has 0 atom stereocenters. The van der Waals surface area contributed by atoms with Crippen molar-refractivity contribution in [3.8, 4) is 28.3 Å². The molecule has 0 aliphatic carbocycles. The number of aryl methyl sites for hydroxylation is 2. The molecule has 2 N–H and O–H groups in total. The molecule has 0 saturated carbocycles. The Morgan fingerprint density at radius 2 is 1.81 bits per heavy atom. The lowest BCUT2D eigenvalue weighted by molar-refractivity contribution is 0.756. The van der Waals surface area contributed by atoms with Gasteiger partial charge in [-0.15, -0.1) is 11.6 Å². The average molecular weight is 430 g/mol. The Morgan fingerprint density at radius 1 is 1.00 bits per heavy atom. The highest BCUT2D eigenvalue weighted by Gasteiger charge is 2.19. The maximum absolute atomic E-state index is 6.20. The van der Waals surface area contributed by atoms with Gasteiger partial charge in [-0.1, -0.05) is 12.1 Å². The lowest BCUT2D eigenvalue weighted by Gasteiger charge is -2.11. The lowest BCUT2D eigenvalue weighted by Crippen LogP contribution is -2.02. The number of nitrogens with two attached hydrogens (primary N) is 1. The molecule has 154 valence electrons. The molecule has 0 bridgehead atoms. The third-order valence-corrected chi connectivity index (χ3v) is 5.53. The van der Waals surface area contributed by atoms with E-state index in [9.17, 15) is 0 Å². The maximum atomic E-state index is 6.20. The number of nitrogens with zero attached hydrogens (tertiary/aromatic N) is 6. The van der Waals surface area contributed by atoms with E-state index in [1.807, 2.05) is 73.3 Å². The van der Waals surface area contributed by atoms with Gasteiger partial charge in [-0.3, -0.25) is 9.25 Å². The summed E-state index contributed by atoms with van der Waals surface area (Å²) in [5, 5.41) is 4.45. The fraction of sp³-hybridized carbons (Fsp3) is 0.130. The second-order valence-corrected chi connectivity index (χ2v) is 7.62. The summed E-state index contributed by atoms with van der Waals surface area (Å²) >= 11 is 5.99. The number of rotatable bonds is 4. The number of aromatic nitrogens is 6. The van der Waals surface area contributed by atoms with Crippen molar-refractivity contribution in [1.29, 1.82) is 0 Å². The summed E-state index contributed by atoms with van der Waals surface area (Å²) in [5.74, 6) is 1.56. The zero-order valence-corrected chi connectivity index (χ0v) is 17.9. The summed E-state index contributed by atoms with van der Waals surface area (Å²) in [7, 11) is 1.90. The monoisotopic (exact) mass is 429 g/mol. The van der Waals surface area contributed by atoms with Crippen LogP contribution in [0.5, 0.6) is 0 Å². The molecule has 4 heterocycles. The molecule has 1 aromatic carbocycles. The van der Waals surface area contributed by atoms with Crippen molar-refractivity contribution in [3.63, 3.8) is 0 Å². The largest absolute Gasteiger partial charge is 0.383 e.